The van der Waals surface area contributed by atoms with Crippen molar-refractivity contribution in [3.05, 3.63) is 57.4 Å². The molecule has 1 unspecified atom stereocenters. The fourth-order valence-electron chi connectivity index (χ4n) is 2.74. The molecule has 2 aromatic heterocycles. The Morgan fingerprint density at radius 1 is 1.23 bits per heavy atom. The Hall–Kier alpha value is -2.27. The molecule has 0 aliphatic heterocycles. The monoisotopic (exact) mass is 309 g/mol. The maximum Gasteiger partial charge on any atom is 0.290 e. The van der Waals surface area contributed by atoms with Crippen molar-refractivity contribution < 1.29 is 0 Å². The maximum atomic E-state index is 12.5. The van der Waals surface area contributed by atoms with Gasteiger partial charge in [0.05, 0.1) is 4.53 Å². The Kier molecular flexibility index (Phi) is 3.35. The van der Waals surface area contributed by atoms with Crippen LogP contribution in [0.4, 0.5) is 0 Å². The zero-order valence-electron chi connectivity index (χ0n) is 12.0. The molecule has 1 aliphatic rings. The van der Waals surface area contributed by atoms with E-state index < -0.39 is 0 Å². The average molecular weight is 309 g/mol. The summed E-state index contributed by atoms with van der Waals surface area (Å²) in [7, 11) is 0. The van der Waals surface area contributed by atoms with Crippen molar-refractivity contribution in [2.24, 2.45) is 5.92 Å². The molecule has 0 saturated carbocycles. The van der Waals surface area contributed by atoms with Crippen LogP contribution in [0, 0.1) is 5.92 Å². The van der Waals surface area contributed by atoms with E-state index in [4.69, 9.17) is 0 Å². The quantitative estimate of drug-likeness (QED) is 0.684. The summed E-state index contributed by atoms with van der Waals surface area (Å²) in [6.07, 6.45) is 9.71. The van der Waals surface area contributed by atoms with Crippen LogP contribution in [0.1, 0.15) is 19.3 Å². The second kappa shape index (κ2) is 5.50. The van der Waals surface area contributed by atoms with Gasteiger partial charge in [0, 0.05) is 5.56 Å². The van der Waals surface area contributed by atoms with Gasteiger partial charge in [-0.15, -0.1) is 5.10 Å². The smallest absolute Gasteiger partial charge is 0.266 e. The molecule has 0 radical (unpaired) electrons. The SMILES string of the molecule is O=c1c(=CC2CC=CCC2)sc2nc(-c3ccccc3)nn12. The highest BCUT2D eigenvalue weighted by atomic mass is 32.1. The molecule has 0 bridgehead atoms. The number of nitrogens with zero attached hydrogens (tertiary/aromatic N) is 3. The molecular formula is C17H15N3OS. The van der Waals surface area contributed by atoms with Crippen LogP contribution in [0.5, 0.6) is 0 Å². The largest absolute Gasteiger partial charge is 0.290 e. The van der Waals surface area contributed by atoms with Crippen molar-refractivity contribution in [3.8, 4) is 11.4 Å². The van der Waals surface area contributed by atoms with E-state index in [2.05, 4.69) is 28.3 Å². The number of hydrogen-bond donors (Lipinski definition) is 0. The Balaban J connectivity index is 1.76. The third kappa shape index (κ3) is 2.37. The maximum absolute atomic E-state index is 12.5. The molecule has 0 spiro atoms. The summed E-state index contributed by atoms with van der Waals surface area (Å²) in [5.74, 6) is 1.06. The van der Waals surface area contributed by atoms with E-state index in [0.717, 1.165) is 29.4 Å². The van der Waals surface area contributed by atoms with Gasteiger partial charge in [0.2, 0.25) is 4.96 Å². The highest BCUT2D eigenvalue weighted by Crippen LogP contribution is 2.20. The number of rotatable bonds is 2. The Bertz CT molecular complexity index is 940. The lowest BCUT2D eigenvalue weighted by Crippen LogP contribution is -2.25. The van der Waals surface area contributed by atoms with Gasteiger partial charge in [0.25, 0.3) is 5.56 Å². The summed E-state index contributed by atoms with van der Waals surface area (Å²) < 4.78 is 2.19. The number of benzene rings is 1. The first-order valence-corrected chi connectivity index (χ1v) is 8.25. The minimum atomic E-state index is -0.0516. The van der Waals surface area contributed by atoms with Gasteiger partial charge in [0.15, 0.2) is 5.82 Å². The van der Waals surface area contributed by atoms with E-state index in [1.807, 2.05) is 30.3 Å². The second-order valence-electron chi connectivity index (χ2n) is 5.48. The summed E-state index contributed by atoms with van der Waals surface area (Å²) in [5, 5.41) is 4.37. The average Bonchev–Trinajstić information content (AvgIpc) is 3.10. The lowest BCUT2D eigenvalue weighted by Gasteiger charge is -2.11. The lowest BCUT2D eigenvalue weighted by atomic mass is 9.94. The molecule has 3 aromatic rings. The lowest BCUT2D eigenvalue weighted by molar-refractivity contribution is 0.612. The topological polar surface area (TPSA) is 47.3 Å². The van der Waals surface area contributed by atoms with E-state index in [1.54, 1.807) is 0 Å². The zero-order valence-corrected chi connectivity index (χ0v) is 12.8. The van der Waals surface area contributed by atoms with Crippen molar-refractivity contribution in [2.75, 3.05) is 0 Å². The predicted molar refractivity (Wildman–Crippen MR) is 88.7 cm³/mol. The van der Waals surface area contributed by atoms with E-state index in [0.29, 0.717) is 16.7 Å². The number of allylic oxidation sites excluding steroid dienone is 2. The van der Waals surface area contributed by atoms with Crippen molar-refractivity contribution in [1.82, 2.24) is 14.6 Å². The standard InChI is InChI=1S/C17H15N3OS/c21-16-14(11-12-7-3-1-4-8-12)22-17-18-15(19-20(16)17)13-9-5-2-6-10-13/h1-3,5-6,9-12H,4,7-8H2. The molecule has 5 heteroatoms. The fraction of sp³-hybridized carbons (Fsp3) is 0.235. The highest BCUT2D eigenvalue weighted by molar-refractivity contribution is 7.15. The number of fused-ring (bicyclic) bond motifs is 1. The van der Waals surface area contributed by atoms with Gasteiger partial charge in [-0.05, 0) is 25.2 Å². The molecule has 22 heavy (non-hydrogen) atoms. The molecule has 0 saturated heterocycles. The van der Waals surface area contributed by atoms with Gasteiger partial charge < -0.3 is 0 Å². The van der Waals surface area contributed by atoms with Gasteiger partial charge in [-0.25, -0.2) is 0 Å². The first kappa shape index (κ1) is 13.4. The van der Waals surface area contributed by atoms with Crippen LogP contribution in [-0.2, 0) is 0 Å². The molecule has 0 amide bonds. The summed E-state index contributed by atoms with van der Waals surface area (Å²) in [6.45, 7) is 0. The molecular weight excluding hydrogens is 294 g/mol. The normalized spacial score (nSPS) is 19.1. The first-order valence-electron chi connectivity index (χ1n) is 7.43. The van der Waals surface area contributed by atoms with E-state index in [9.17, 15) is 4.79 Å². The zero-order chi connectivity index (χ0) is 14.9. The molecule has 4 rings (SSSR count). The molecule has 110 valence electrons. The minimum absolute atomic E-state index is 0.0516. The van der Waals surface area contributed by atoms with Crippen LogP contribution in [0.2, 0.25) is 0 Å². The fourth-order valence-corrected chi connectivity index (χ4v) is 3.71. The van der Waals surface area contributed by atoms with Crippen LogP contribution >= 0.6 is 11.3 Å². The van der Waals surface area contributed by atoms with Crippen LogP contribution in [-0.4, -0.2) is 14.6 Å². The van der Waals surface area contributed by atoms with Crippen LogP contribution in [0.3, 0.4) is 0 Å². The molecule has 0 N–H and O–H groups in total. The predicted octanol–water partition coefficient (Wildman–Crippen LogP) is 2.67. The van der Waals surface area contributed by atoms with Crippen LogP contribution < -0.4 is 10.1 Å². The van der Waals surface area contributed by atoms with Crippen molar-refractivity contribution in [2.45, 2.75) is 19.3 Å². The van der Waals surface area contributed by atoms with Gasteiger partial charge in [-0.1, -0.05) is 59.9 Å². The third-order valence-corrected chi connectivity index (χ3v) is 4.89. The summed E-state index contributed by atoms with van der Waals surface area (Å²) in [6, 6.07) is 9.74. The number of aromatic nitrogens is 3. The van der Waals surface area contributed by atoms with Crippen molar-refractivity contribution >= 4 is 22.4 Å². The second-order valence-corrected chi connectivity index (χ2v) is 6.49. The molecule has 2 heterocycles. The Morgan fingerprint density at radius 2 is 2.09 bits per heavy atom. The number of hydrogen-bond acceptors (Lipinski definition) is 4. The summed E-state index contributed by atoms with van der Waals surface area (Å²) in [4.78, 5) is 17.6. The van der Waals surface area contributed by atoms with Gasteiger partial charge in [-0.3, -0.25) is 4.79 Å². The minimum Gasteiger partial charge on any atom is -0.266 e. The molecule has 1 aliphatic carbocycles. The third-order valence-electron chi connectivity index (χ3n) is 3.91. The van der Waals surface area contributed by atoms with Gasteiger partial charge in [0.1, 0.15) is 0 Å². The first-order chi connectivity index (χ1) is 10.8. The Labute approximate surface area is 131 Å². The molecule has 0 fully saturated rings. The van der Waals surface area contributed by atoms with Gasteiger partial charge >= 0.3 is 0 Å². The van der Waals surface area contributed by atoms with Crippen LogP contribution in [0.15, 0.2) is 47.3 Å². The van der Waals surface area contributed by atoms with E-state index >= 15 is 0 Å². The van der Waals surface area contributed by atoms with Crippen molar-refractivity contribution in [1.29, 1.82) is 0 Å². The molecule has 1 aromatic carbocycles. The molecule has 4 nitrogen and oxygen atoms in total. The van der Waals surface area contributed by atoms with Gasteiger partial charge in [-0.2, -0.15) is 9.50 Å². The highest BCUT2D eigenvalue weighted by Gasteiger charge is 2.13. The summed E-state index contributed by atoms with van der Waals surface area (Å²) >= 11 is 1.43. The summed E-state index contributed by atoms with van der Waals surface area (Å²) in [5.41, 5.74) is 0.880. The number of thiazole rings is 1. The van der Waals surface area contributed by atoms with E-state index in [-0.39, 0.29) is 5.56 Å². The van der Waals surface area contributed by atoms with Crippen LogP contribution in [0.25, 0.3) is 22.4 Å². The Morgan fingerprint density at radius 3 is 2.82 bits per heavy atom. The van der Waals surface area contributed by atoms with E-state index in [1.165, 1.54) is 15.9 Å². The molecule has 1 atom stereocenters. The van der Waals surface area contributed by atoms with Crippen molar-refractivity contribution in [3.63, 3.8) is 0 Å².